The molecule has 1 fully saturated rings. The zero-order valence-electron chi connectivity index (χ0n) is 7.79. The van der Waals surface area contributed by atoms with E-state index in [-0.39, 0.29) is 11.5 Å². The van der Waals surface area contributed by atoms with Crippen molar-refractivity contribution < 1.29 is 0 Å². The molecule has 2 N–H and O–H groups in total. The molecule has 0 aromatic carbocycles. The van der Waals surface area contributed by atoms with Crippen molar-refractivity contribution in [3.63, 3.8) is 0 Å². The molecule has 1 aromatic rings. The third kappa shape index (κ3) is 1.40. The summed E-state index contributed by atoms with van der Waals surface area (Å²) in [7, 11) is 0. The van der Waals surface area contributed by atoms with E-state index in [1.54, 1.807) is 6.20 Å². The fourth-order valence-electron chi connectivity index (χ4n) is 1.91. The molecule has 1 aliphatic rings. The minimum atomic E-state index is 0.239. The van der Waals surface area contributed by atoms with Crippen molar-refractivity contribution in [2.75, 3.05) is 0 Å². The Morgan fingerprint density at radius 1 is 1.46 bits per heavy atom. The molecule has 2 nitrogen and oxygen atoms in total. The van der Waals surface area contributed by atoms with Gasteiger partial charge in [-0.05, 0) is 33.0 Å². The number of pyridine rings is 1. The molecule has 70 valence electrons. The van der Waals surface area contributed by atoms with Crippen LogP contribution in [0.4, 0.5) is 0 Å². The van der Waals surface area contributed by atoms with Crippen LogP contribution in [0.15, 0.2) is 22.9 Å². The normalized spacial score (nSPS) is 30.2. The molecule has 0 aliphatic heterocycles. The molecule has 13 heavy (non-hydrogen) atoms. The van der Waals surface area contributed by atoms with Gasteiger partial charge in [-0.2, -0.15) is 0 Å². The van der Waals surface area contributed by atoms with Gasteiger partial charge in [0.1, 0.15) is 0 Å². The molecule has 2 rings (SSSR count). The maximum absolute atomic E-state index is 5.98. The van der Waals surface area contributed by atoms with E-state index in [1.807, 2.05) is 6.20 Å². The Morgan fingerprint density at radius 3 is 2.54 bits per heavy atom. The monoisotopic (exact) mass is 240 g/mol. The van der Waals surface area contributed by atoms with Crippen LogP contribution in [0.1, 0.15) is 25.3 Å². The van der Waals surface area contributed by atoms with Gasteiger partial charge in [-0.1, -0.05) is 13.8 Å². The van der Waals surface area contributed by atoms with Gasteiger partial charge >= 0.3 is 0 Å². The summed E-state index contributed by atoms with van der Waals surface area (Å²) in [6.07, 6.45) is 3.70. The summed E-state index contributed by atoms with van der Waals surface area (Å²) < 4.78 is 1.03. The van der Waals surface area contributed by atoms with Crippen LogP contribution in [0, 0.1) is 5.41 Å². The summed E-state index contributed by atoms with van der Waals surface area (Å²) in [6, 6.07) is 2.38. The first-order chi connectivity index (χ1) is 6.03. The number of hydrogen-bond donors (Lipinski definition) is 1. The van der Waals surface area contributed by atoms with Crippen LogP contribution in [0.25, 0.3) is 0 Å². The maximum Gasteiger partial charge on any atom is 0.0410 e. The molecule has 1 aromatic heterocycles. The Balaban J connectivity index is 2.29. The van der Waals surface area contributed by atoms with Crippen molar-refractivity contribution in [1.82, 2.24) is 4.98 Å². The van der Waals surface area contributed by atoms with Crippen molar-refractivity contribution in [3.05, 3.63) is 28.5 Å². The van der Waals surface area contributed by atoms with Crippen LogP contribution in [0.5, 0.6) is 0 Å². The predicted octanol–water partition coefficient (Wildman–Crippen LogP) is 2.29. The van der Waals surface area contributed by atoms with Gasteiger partial charge in [-0.3, -0.25) is 4.98 Å². The van der Waals surface area contributed by atoms with Gasteiger partial charge in [-0.15, -0.1) is 0 Å². The second-order valence-corrected chi connectivity index (χ2v) is 5.18. The summed E-state index contributed by atoms with van der Waals surface area (Å²) >= 11 is 3.41. The van der Waals surface area contributed by atoms with Gasteiger partial charge in [0.05, 0.1) is 0 Å². The SMILES string of the molecule is CC1(C)C(N)C1c1cncc(Br)c1. The van der Waals surface area contributed by atoms with Crippen LogP contribution in [-0.4, -0.2) is 11.0 Å². The quantitative estimate of drug-likeness (QED) is 0.819. The van der Waals surface area contributed by atoms with Crippen LogP contribution in [0.2, 0.25) is 0 Å². The fourth-order valence-corrected chi connectivity index (χ4v) is 2.30. The Kier molecular flexibility index (Phi) is 1.96. The molecule has 2 atom stereocenters. The third-order valence-corrected chi connectivity index (χ3v) is 3.43. The molecule has 0 saturated heterocycles. The van der Waals surface area contributed by atoms with Gasteiger partial charge in [-0.25, -0.2) is 0 Å². The molecule has 0 radical (unpaired) electrons. The summed E-state index contributed by atoms with van der Waals surface area (Å²) in [6.45, 7) is 4.40. The number of rotatable bonds is 1. The van der Waals surface area contributed by atoms with Crippen molar-refractivity contribution in [2.45, 2.75) is 25.8 Å². The molecule has 3 heteroatoms. The first-order valence-corrected chi connectivity index (χ1v) is 5.19. The summed E-state index contributed by atoms with van der Waals surface area (Å²) in [5, 5.41) is 0. The molecule has 1 saturated carbocycles. The highest BCUT2D eigenvalue weighted by Gasteiger charge is 2.56. The minimum Gasteiger partial charge on any atom is -0.327 e. The van der Waals surface area contributed by atoms with Gasteiger partial charge in [0.25, 0.3) is 0 Å². The molecular formula is C10H13BrN2. The zero-order chi connectivity index (χ0) is 9.64. The van der Waals surface area contributed by atoms with E-state index < -0.39 is 0 Å². The summed E-state index contributed by atoms with van der Waals surface area (Å²) in [4.78, 5) is 4.14. The standard InChI is InChI=1S/C10H13BrN2/c1-10(2)8(9(10)12)6-3-7(11)5-13-4-6/h3-5,8-9H,12H2,1-2H3. The molecule has 0 bridgehead atoms. The zero-order valence-corrected chi connectivity index (χ0v) is 9.38. The van der Waals surface area contributed by atoms with E-state index >= 15 is 0 Å². The maximum atomic E-state index is 5.98. The highest BCUT2D eigenvalue weighted by atomic mass is 79.9. The van der Waals surface area contributed by atoms with Gasteiger partial charge in [0, 0.05) is 28.8 Å². The molecule has 0 spiro atoms. The van der Waals surface area contributed by atoms with E-state index in [4.69, 9.17) is 5.73 Å². The first-order valence-electron chi connectivity index (χ1n) is 4.39. The Morgan fingerprint density at radius 2 is 2.08 bits per heavy atom. The van der Waals surface area contributed by atoms with E-state index in [0.29, 0.717) is 5.92 Å². The van der Waals surface area contributed by atoms with Gasteiger partial charge in [0.15, 0.2) is 0 Å². The van der Waals surface area contributed by atoms with E-state index in [2.05, 4.69) is 40.8 Å². The molecular weight excluding hydrogens is 228 g/mol. The van der Waals surface area contributed by atoms with Crippen LogP contribution < -0.4 is 5.73 Å². The van der Waals surface area contributed by atoms with Crippen molar-refractivity contribution in [3.8, 4) is 0 Å². The highest BCUT2D eigenvalue weighted by molar-refractivity contribution is 9.10. The Labute approximate surface area is 86.7 Å². The second-order valence-electron chi connectivity index (χ2n) is 4.26. The molecule has 1 aliphatic carbocycles. The van der Waals surface area contributed by atoms with Crippen molar-refractivity contribution >= 4 is 15.9 Å². The van der Waals surface area contributed by atoms with E-state index in [1.165, 1.54) is 5.56 Å². The van der Waals surface area contributed by atoms with Gasteiger partial charge in [0.2, 0.25) is 0 Å². The first kappa shape index (κ1) is 9.16. The Hall–Kier alpha value is -0.410. The number of hydrogen-bond acceptors (Lipinski definition) is 2. The number of nitrogens with two attached hydrogens (primary N) is 1. The second kappa shape index (κ2) is 2.79. The number of halogens is 1. The van der Waals surface area contributed by atoms with Crippen molar-refractivity contribution in [1.29, 1.82) is 0 Å². The fraction of sp³-hybridized carbons (Fsp3) is 0.500. The van der Waals surface area contributed by atoms with E-state index in [0.717, 1.165) is 4.47 Å². The molecule has 2 unspecified atom stereocenters. The summed E-state index contributed by atoms with van der Waals surface area (Å²) in [5.74, 6) is 0.470. The smallest absolute Gasteiger partial charge is 0.0410 e. The predicted molar refractivity (Wildman–Crippen MR) is 56.4 cm³/mol. The lowest BCUT2D eigenvalue weighted by Gasteiger charge is -2.01. The largest absolute Gasteiger partial charge is 0.327 e. The van der Waals surface area contributed by atoms with Crippen LogP contribution in [0.3, 0.4) is 0 Å². The lowest BCUT2D eigenvalue weighted by atomic mass is 10.1. The lowest BCUT2D eigenvalue weighted by Crippen LogP contribution is -2.06. The lowest BCUT2D eigenvalue weighted by molar-refractivity contribution is 0.598. The number of nitrogens with zero attached hydrogens (tertiary/aromatic N) is 1. The minimum absolute atomic E-state index is 0.239. The van der Waals surface area contributed by atoms with Crippen LogP contribution >= 0.6 is 15.9 Å². The third-order valence-electron chi connectivity index (χ3n) is 3.00. The number of aromatic nitrogens is 1. The highest BCUT2D eigenvalue weighted by Crippen LogP contribution is 2.57. The average molecular weight is 241 g/mol. The molecule has 0 amide bonds. The average Bonchev–Trinajstić information content (AvgIpc) is 2.51. The van der Waals surface area contributed by atoms with E-state index in [9.17, 15) is 0 Å². The van der Waals surface area contributed by atoms with Crippen molar-refractivity contribution in [2.24, 2.45) is 11.1 Å². The van der Waals surface area contributed by atoms with Gasteiger partial charge < -0.3 is 5.73 Å². The summed E-state index contributed by atoms with van der Waals surface area (Å²) in [5.41, 5.74) is 7.46. The topological polar surface area (TPSA) is 38.9 Å². The molecule has 1 heterocycles. The Bertz CT molecular complexity index is 335. The van der Waals surface area contributed by atoms with Crippen LogP contribution in [-0.2, 0) is 0 Å².